The highest BCUT2D eigenvalue weighted by Gasteiger charge is 2.13. The summed E-state index contributed by atoms with van der Waals surface area (Å²) >= 11 is 1.67. The Labute approximate surface area is 137 Å². The lowest BCUT2D eigenvalue weighted by molar-refractivity contribution is -0.119. The molecule has 2 aromatic rings. The van der Waals surface area contributed by atoms with E-state index in [-0.39, 0.29) is 11.9 Å². The Kier molecular flexibility index (Phi) is 6.08. The second-order valence-corrected chi connectivity index (χ2v) is 6.84. The van der Waals surface area contributed by atoms with E-state index < -0.39 is 0 Å². The Morgan fingerprint density at radius 1 is 1.05 bits per heavy atom. The average molecular weight is 313 g/mol. The summed E-state index contributed by atoms with van der Waals surface area (Å²) in [6.07, 6.45) is 0. The number of hydrogen-bond donors (Lipinski definition) is 1. The van der Waals surface area contributed by atoms with E-state index in [0.29, 0.717) is 11.0 Å². The molecule has 0 spiro atoms. The maximum atomic E-state index is 12.1. The minimum absolute atomic E-state index is 0.0429. The van der Waals surface area contributed by atoms with Crippen LogP contribution in [0, 0.1) is 6.92 Å². The predicted molar refractivity (Wildman–Crippen MR) is 95.1 cm³/mol. The van der Waals surface area contributed by atoms with Gasteiger partial charge in [-0.2, -0.15) is 0 Å². The Hall–Kier alpha value is -1.74. The minimum Gasteiger partial charge on any atom is -0.349 e. The molecule has 116 valence electrons. The van der Waals surface area contributed by atoms with Crippen LogP contribution in [0.4, 0.5) is 0 Å². The number of carbonyl (C=O) groups is 1. The van der Waals surface area contributed by atoms with E-state index in [1.165, 1.54) is 16.7 Å². The van der Waals surface area contributed by atoms with Crippen LogP contribution in [0.1, 0.15) is 41.8 Å². The van der Waals surface area contributed by atoms with Crippen molar-refractivity contribution in [3.8, 4) is 0 Å². The van der Waals surface area contributed by atoms with Crippen LogP contribution in [0.15, 0.2) is 54.6 Å². The zero-order chi connectivity index (χ0) is 15.9. The van der Waals surface area contributed by atoms with Crippen molar-refractivity contribution in [1.82, 2.24) is 5.32 Å². The first-order chi connectivity index (χ1) is 10.6. The lowest BCUT2D eigenvalue weighted by atomic mass is 10.0. The molecule has 1 amide bonds. The van der Waals surface area contributed by atoms with Gasteiger partial charge >= 0.3 is 0 Å². The molecule has 22 heavy (non-hydrogen) atoms. The van der Waals surface area contributed by atoms with Crippen LogP contribution in [0.25, 0.3) is 0 Å². The summed E-state index contributed by atoms with van der Waals surface area (Å²) in [5, 5.41) is 3.40. The average Bonchev–Trinajstić information content (AvgIpc) is 2.53. The molecule has 0 saturated heterocycles. The van der Waals surface area contributed by atoms with Gasteiger partial charge in [0.25, 0.3) is 0 Å². The van der Waals surface area contributed by atoms with E-state index in [2.05, 4.69) is 43.4 Å². The third-order valence-corrected chi connectivity index (χ3v) is 4.97. The van der Waals surface area contributed by atoms with Crippen molar-refractivity contribution in [1.29, 1.82) is 0 Å². The fraction of sp³-hybridized carbons (Fsp3) is 0.316. The Morgan fingerprint density at radius 2 is 1.68 bits per heavy atom. The van der Waals surface area contributed by atoms with E-state index in [1.807, 2.05) is 37.3 Å². The summed E-state index contributed by atoms with van der Waals surface area (Å²) in [5.41, 5.74) is 3.64. The number of hydrogen-bond acceptors (Lipinski definition) is 2. The van der Waals surface area contributed by atoms with Crippen molar-refractivity contribution in [2.75, 3.05) is 5.75 Å². The molecule has 0 heterocycles. The van der Waals surface area contributed by atoms with Gasteiger partial charge in [0.05, 0.1) is 11.8 Å². The summed E-state index contributed by atoms with van der Waals surface area (Å²) in [4.78, 5) is 12.1. The SMILES string of the molecule is Cc1ccccc1C(C)NC(=O)CSC(C)c1ccccc1. The smallest absolute Gasteiger partial charge is 0.230 e. The fourth-order valence-electron chi connectivity index (χ4n) is 2.45. The molecule has 0 saturated carbocycles. The summed E-state index contributed by atoms with van der Waals surface area (Å²) in [6.45, 7) is 6.24. The number of aryl methyl sites for hydroxylation is 1. The largest absolute Gasteiger partial charge is 0.349 e. The fourth-order valence-corrected chi connectivity index (χ4v) is 3.29. The van der Waals surface area contributed by atoms with Gasteiger partial charge in [0, 0.05) is 5.25 Å². The lowest BCUT2D eigenvalue weighted by Gasteiger charge is -2.17. The number of amides is 1. The van der Waals surface area contributed by atoms with Crippen LogP contribution in [0.5, 0.6) is 0 Å². The van der Waals surface area contributed by atoms with Crippen LogP contribution >= 0.6 is 11.8 Å². The number of benzene rings is 2. The van der Waals surface area contributed by atoms with Gasteiger partial charge in [-0.25, -0.2) is 0 Å². The molecule has 2 atom stereocenters. The molecule has 0 aliphatic heterocycles. The molecule has 0 aliphatic carbocycles. The van der Waals surface area contributed by atoms with Gasteiger partial charge in [0.1, 0.15) is 0 Å². The molecule has 0 aromatic heterocycles. The maximum absolute atomic E-state index is 12.1. The molecule has 2 aromatic carbocycles. The molecule has 0 fully saturated rings. The quantitative estimate of drug-likeness (QED) is 0.840. The zero-order valence-electron chi connectivity index (χ0n) is 13.4. The topological polar surface area (TPSA) is 29.1 Å². The highest BCUT2D eigenvalue weighted by molar-refractivity contribution is 8.00. The highest BCUT2D eigenvalue weighted by atomic mass is 32.2. The maximum Gasteiger partial charge on any atom is 0.230 e. The molecule has 1 N–H and O–H groups in total. The highest BCUT2D eigenvalue weighted by Crippen LogP contribution is 2.27. The Morgan fingerprint density at radius 3 is 2.36 bits per heavy atom. The summed E-state index contributed by atoms with van der Waals surface area (Å²) in [5.74, 6) is 0.565. The Balaban J connectivity index is 1.84. The van der Waals surface area contributed by atoms with Crippen molar-refractivity contribution in [2.45, 2.75) is 32.1 Å². The Bertz CT molecular complexity index is 612. The molecule has 2 nitrogen and oxygen atoms in total. The lowest BCUT2D eigenvalue weighted by Crippen LogP contribution is -2.28. The zero-order valence-corrected chi connectivity index (χ0v) is 14.2. The molecule has 0 radical (unpaired) electrons. The normalized spacial score (nSPS) is 13.4. The van der Waals surface area contributed by atoms with Crippen molar-refractivity contribution in [3.63, 3.8) is 0 Å². The molecular weight excluding hydrogens is 290 g/mol. The summed E-state index contributed by atoms with van der Waals surface area (Å²) in [7, 11) is 0. The van der Waals surface area contributed by atoms with Crippen molar-refractivity contribution < 1.29 is 4.79 Å². The second-order valence-electron chi connectivity index (χ2n) is 5.51. The molecular formula is C19H23NOS. The van der Waals surface area contributed by atoms with Gasteiger partial charge in [-0.15, -0.1) is 11.8 Å². The van der Waals surface area contributed by atoms with Gasteiger partial charge in [-0.1, -0.05) is 54.6 Å². The van der Waals surface area contributed by atoms with Crippen molar-refractivity contribution in [3.05, 3.63) is 71.3 Å². The number of carbonyl (C=O) groups excluding carboxylic acids is 1. The van der Waals surface area contributed by atoms with Crippen LogP contribution in [-0.2, 0) is 4.79 Å². The van der Waals surface area contributed by atoms with E-state index in [4.69, 9.17) is 0 Å². The molecule has 2 unspecified atom stereocenters. The van der Waals surface area contributed by atoms with Crippen LogP contribution in [0.3, 0.4) is 0 Å². The number of nitrogens with one attached hydrogen (secondary N) is 1. The third-order valence-electron chi connectivity index (χ3n) is 3.77. The molecule has 2 rings (SSSR count). The second kappa shape index (κ2) is 8.04. The van der Waals surface area contributed by atoms with E-state index >= 15 is 0 Å². The third kappa shape index (κ3) is 4.63. The predicted octanol–water partition coefficient (Wildman–Crippen LogP) is 4.67. The molecule has 0 aliphatic rings. The van der Waals surface area contributed by atoms with Gasteiger partial charge in [0.15, 0.2) is 0 Å². The van der Waals surface area contributed by atoms with E-state index in [1.54, 1.807) is 11.8 Å². The van der Waals surface area contributed by atoms with Crippen LogP contribution in [-0.4, -0.2) is 11.7 Å². The number of rotatable bonds is 6. The molecule has 0 bridgehead atoms. The van der Waals surface area contributed by atoms with Gasteiger partial charge in [-0.3, -0.25) is 4.79 Å². The van der Waals surface area contributed by atoms with Gasteiger partial charge in [0.2, 0.25) is 5.91 Å². The monoisotopic (exact) mass is 313 g/mol. The van der Waals surface area contributed by atoms with Gasteiger partial charge in [-0.05, 0) is 37.5 Å². The van der Waals surface area contributed by atoms with Crippen LogP contribution in [0.2, 0.25) is 0 Å². The number of thioether (sulfide) groups is 1. The van der Waals surface area contributed by atoms with Gasteiger partial charge < -0.3 is 5.32 Å². The van der Waals surface area contributed by atoms with Crippen molar-refractivity contribution >= 4 is 17.7 Å². The molecule has 3 heteroatoms. The summed E-state index contributed by atoms with van der Waals surface area (Å²) in [6, 6.07) is 18.5. The first-order valence-corrected chi connectivity index (χ1v) is 8.64. The van der Waals surface area contributed by atoms with Crippen molar-refractivity contribution in [2.24, 2.45) is 0 Å². The first kappa shape index (κ1) is 16.6. The van der Waals surface area contributed by atoms with Crippen LogP contribution < -0.4 is 5.32 Å². The van der Waals surface area contributed by atoms with E-state index in [9.17, 15) is 4.79 Å². The summed E-state index contributed by atoms with van der Waals surface area (Å²) < 4.78 is 0. The first-order valence-electron chi connectivity index (χ1n) is 7.59. The minimum atomic E-state index is 0.0429. The van der Waals surface area contributed by atoms with E-state index in [0.717, 1.165) is 0 Å². The standard InChI is InChI=1S/C19H23NOS/c1-14-9-7-8-12-18(14)15(2)20-19(21)13-22-16(3)17-10-5-4-6-11-17/h4-12,15-16H,13H2,1-3H3,(H,20,21).